The molecule has 7 nitrogen and oxygen atoms in total. The van der Waals surface area contributed by atoms with Gasteiger partial charge in [0.2, 0.25) is 5.88 Å². The summed E-state index contributed by atoms with van der Waals surface area (Å²) in [6, 6.07) is 3.10. The number of carbonyl (C=O) groups excluding carboxylic acids is 1. The topological polar surface area (TPSA) is 79.8 Å². The van der Waals surface area contributed by atoms with Crippen LogP contribution in [0.5, 0.6) is 5.88 Å². The average Bonchev–Trinajstić information content (AvgIpc) is 3.41. The highest BCUT2D eigenvalue weighted by molar-refractivity contribution is 7.91. The second-order valence-corrected chi connectivity index (χ2v) is 10.1. The number of aromatic nitrogens is 1. The van der Waals surface area contributed by atoms with Gasteiger partial charge in [-0.25, -0.2) is 22.2 Å². The summed E-state index contributed by atoms with van der Waals surface area (Å²) in [5, 5.41) is 0. The number of sulfone groups is 1. The number of halogens is 2. The molecule has 1 saturated carbocycles. The van der Waals surface area contributed by atoms with Crippen molar-refractivity contribution >= 4 is 21.4 Å². The lowest BCUT2D eigenvalue weighted by atomic mass is 10.2. The number of alkyl halides is 2. The second-order valence-electron chi connectivity index (χ2n) is 7.75. The lowest BCUT2D eigenvalue weighted by Crippen LogP contribution is -2.44. The van der Waals surface area contributed by atoms with E-state index < -0.39 is 22.3 Å². The van der Waals surface area contributed by atoms with E-state index in [-0.39, 0.29) is 55.0 Å². The minimum Gasteiger partial charge on any atom is -0.476 e. The minimum absolute atomic E-state index is 0.0648. The third-order valence-corrected chi connectivity index (χ3v) is 6.96. The fourth-order valence-electron chi connectivity index (χ4n) is 3.40. The zero-order valence-corrected chi connectivity index (χ0v) is 16.3. The number of nitrogens with zero attached hydrogens (tertiary/aromatic N) is 3. The number of pyridine rings is 1. The highest BCUT2D eigenvalue weighted by atomic mass is 32.2. The van der Waals surface area contributed by atoms with E-state index in [0.29, 0.717) is 18.2 Å². The van der Waals surface area contributed by atoms with Crippen molar-refractivity contribution in [3.8, 4) is 5.88 Å². The van der Waals surface area contributed by atoms with Gasteiger partial charge in [0.15, 0.2) is 9.84 Å². The summed E-state index contributed by atoms with van der Waals surface area (Å²) in [5.74, 6) is -2.61. The van der Waals surface area contributed by atoms with Crippen molar-refractivity contribution in [3.05, 3.63) is 17.8 Å². The molecule has 3 heterocycles. The maximum atomic E-state index is 13.6. The summed E-state index contributed by atoms with van der Waals surface area (Å²) in [7, 11) is -3.10. The number of hydrogen-bond donors (Lipinski definition) is 0. The molecule has 3 fully saturated rings. The summed E-state index contributed by atoms with van der Waals surface area (Å²) in [5.41, 5.74) is 0.607. The Hall–Kier alpha value is -1.97. The van der Waals surface area contributed by atoms with Crippen LogP contribution in [-0.2, 0) is 9.84 Å². The highest BCUT2D eigenvalue weighted by Crippen LogP contribution is 2.37. The molecule has 3 aliphatic rings. The normalized spacial score (nSPS) is 23.6. The largest absolute Gasteiger partial charge is 0.476 e. The van der Waals surface area contributed by atoms with E-state index in [0.717, 1.165) is 12.8 Å². The number of ether oxygens (including phenoxy) is 1. The predicted octanol–water partition coefficient (Wildman–Crippen LogP) is 1.59. The van der Waals surface area contributed by atoms with Gasteiger partial charge < -0.3 is 14.5 Å². The molecule has 1 aromatic rings. The zero-order valence-electron chi connectivity index (χ0n) is 15.4. The van der Waals surface area contributed by atoms with Gasteiger partial charge in [-0.2, -0.15) is 0 Å². The summed E-state index contributed by atoms with van der Waals surface area (Å²) in [6.07, 6.45) is 1.91. The molecule has 0 atom stereocenters. The summed E-state index contributed by atoms with van der Waals surface area (Å²) in [4.78, 5) is 20.1. The number of amides is 1. The van der Waals surface area contributed by atoms with Crippen molar-refractivity contribution in [3.63, 3.8) is 0 Å². The first-order valence-electron chi connectivity index (χ1n) is 9.49. The van der Waals surface area contributed by atoms with Gasteiger partial charge in [0.25, 0.3) is 11.8 Å². The number of rotatable bonds is 5. The van der Waals surface area contributed by atoms with Crippen molar-refractivity contribution < 1.29 is 26.7 Å². The SMILES string of the molecule is O=C(c1ccc(N2CCC(F)(F)C2)c(OCC2CC2)n1)N1CCS(=O)(=O)CC1. The second kappa shape index (κ2) is 7.13. The number of anilines is 1. The molecule has 0 radical (unpaired) electrons. The van der Waals surface area contributed by atoms with Crippen molar-refractivity contribution in [2.75, 3.05) is 49.2 Å². The van der Waals surface area contributed by atoms with Crippen LogP contribution in [0.2, 0.25) is 0 Å². The van der Waals surface area contributed by atoms with Gasteiger partial charge in [0, 0.05) is 26.1 Å². The third kappa shape index (κ3) is 4.37. The maximum Gasteiger partial charge on any atom is 0.272 e. The van der Waals surface area contributed by atoms with Crippen molar-refractivity contribution in [1.82, 2.24) is 9.88 Å². The monoisotopic (exact) mass is 415 g/mol. The Morgan fingerprint density at radius 3 is 2.54 bits per heavy atom. The molecule has 4 rings (SSSR count). The van der Waals surface area contributed by atoms with Crippen LogP contribution in [0.1, 0.15) is 29.8 Å². The van der Waals surface area contributed by atoms with Gasteiger partial charge in [-0.3, -0.25) is 4.79 Å². The molecule has 1 aromatic heterocycles. The fraction of sp³-hybridized carbons (Fsp3) is 0.667. The summed E-state index contributed by atoms with van der Waals surface area (Å²) in [6.45, 7) is 0.504. The summed E-state index contributed by atoms with van der Waals surface area (Å²) >= 11 is 0. The molecule has 0 unspecified atom stereocenters. The standard InChI is InChI=1S/C18H23F2N3O4S/c19-18(20)5-6-23(12-18)15-4-3-14(21-16(15)27-11-13-1-2-13)17(24)22-7-9-28(25,26)10-8-22/h3-4,13H,1-2,5-12H2. The molecule has 0 bridgehead atoms. The average molecular weight is 415 g/mol. The molecular weight excluding hydrogens is 392 g/mol. The van der Waals surface area contributed by atoms with Crippen LogP contribution < -0.4 is 9.64 Å². The quantitative estimate of drug-likeness (QED) is 0.727. The predicted molar refractivity (Wildman–Crippen MR) is 98.8 cm³/mol. The Balaban J connectivity index is 1.54. The number of hydrogen-bond acceptors (Lipinski definition) is 6. The van der Waals surface area contributed by atoms with Crippen molar-refractivity contribution in [2.45, 2.75) is 25.2 Å². The smallest absolute Gasteiger partial charge is 0.272 e. The molecule has 154 valence electrons. The summed E-state index contributed by atoms with van der Waals surface area (Å²) < 4.78 is 56.2. The molecule has 0 spiro atoms. The molecule has 10 heteroatoms. The minimum atomic E-state index is -3.10. The van der Waals surface area contributed by atoms with Gasteiger partial charge in [-0.1, -0.05) is 0 Å². The first-order valence-corrected chi connectivity index (χ1v) is 11.3. The Kier molecular flexibility index (Phi) is 4.93. The molecule has 28 heavy (non-hydrogen) atoms. The van der Waals surface area contributed by atoms with Crippen LogP contribution in [-0.4, -0.2) is 74.4 Å². The van der Waals surface area contributed by atoms with E-state index in [9.17, 15) is 22.0 Å². The van der Waals surface area contributed by atoms with Crippen LogP contribution in [0.4, 0.5) is 14.5 Å². The maximum absolute atomic E-state index is 13.6. The molecule has 1 aliphatic carbocycles. The molecule has 1 amide bonds. The van der Waals surface area contributed by atoms with Crippen LogP contribution in [0.3, 0.4) is 0 Å². The van der Waals surface area contributed by atoms with Gasteiger partial charge in [0.1, 0.15) is 11.4 Å². The Morgan fingerprint density at radius 2 is 1.93 bits per heavy atom. The third-order valence-electron chi connectivity index (χ3n) is 5.35. The Labute approximate surface area is 162 Å². The van der Waals surface area contributed by atoms with E-state index in [1.165, 1.54) is 15.9 Å². The highest BCUT2D eigenvalue weighted by Gasteiger charge is 2.39. The van der Waals surface area contributed by atoms with Gasteiger partial charge >= 0.3 is 0 Å². The molecule has 0 aromatic carbocycles. The van der Waals surface area contributed by atoms with Crippen molar-refractivity contribution in [2.24, 2.45) is 5.92 Å². The van der Waals surface area contributed by atoms with E-state index in [1.807, 2.05) is 0 Å². The Morgan fingerprint density at radius 1 is 1.21 bits per heavy atom. The van der Waals surface area contributed by atoms with E-state index >= 15 is 0 Å². The van der Waals surface area contributed by atoms with Crippen LogP contribution in [0.15, 0.2) is 12.1 Å². The van der Waals surface area contributed by atoms with E-state index in [4.69, 9.17) is 4.74 Å². The van der Waals surface area contributed by atoms with Crippen molar-refractivity contribution in [1.29, 1.82) is 0 Å². The molecule has 2 aliphatic heterocycles. The number of carbonyl (C=O) groups is 1. The van der Waals surface area contributed by atoms with Gasteiger partial charge in [-0.05, 0) is 30.9 Å². The van der Waals surface area contributed by atoms with Crippen LogP contribution in [0, 0.1) is 5.92 Å². The first-order chi connectivity index (χ1) is 13.2. The van der Waals surface area contributed by atoms with Gasteiger partial charge in [0.05, 0.1) is 24.7 Å². The lowest BCUT2D eigenvalue weighted by molar-refractivity contribution is 0.0256. The molecule has 0 N–H and O–H groups in total. The zero-order chi connectivity index (χ0) is 19.9. The Bertz CT molecular complexity index is 860. The van der Waals surface area contributed by atoms with Gasteiger partial charge in [-0.15, -0.1) is 0 Å². The lowest BCUT2D eigenvalue weighted by Gasteiger charge is -2.27. The first kappa shape index (κ1) is 19.4. The van der Waals surface area contributed by atoms with Crippen LogP contribution >= 0.6 is 0 Å². The fourth-order valence-corrected chi connectivity index (χ4v) is 4.60. The molecule has 2 saturated heterocycles. The molecular formula is C18H23F2N3O4S. The van der Waals surface area contributed by atoms with E-state index in [2.05, 4.69) is 4.98 Å². The van der Waals surface area contributed by atoms with Crippen LogP contribution in [0.25, 0.3) is 0 Å². The van der Waals surface area contributed by atoms with E-state index in [1.54, 1.807) is 6.07 Å².